The maximum absolute atomic E-state index is 9.80. The predicted molar refractivity (Wildman–Crippen MR) is 123 cm³/mol. The van der Waals surface area contributed by atoms with E-state index < -0.39 is 0 Å². The fourth-order valence-electron chi connectivity index (χ4n) is 4.56. The summed E-state index contributed by atoms with van der Waals surface area (Å²) >= 11 is 0. The molecule has 1 saturated heterocycles. The zero-order valence-electron chi connectivity index (χ0n) is 18.7. The molecule has 3 N–H and O–H groups in total. The van der Waals surface area contributed by atoms with Crippen molar-refractivity contribution in [2.75, 3.05) is 30.5 Å². The normalized spacial score (nSPS) is 17.6. The lowest BCUT2D eigenvalue weighted by molar-refractivity contribution is 0.266. The third-order valence-corrected chi connectivity index (χ3v) is 6.47. The molecule has 0 spiro atoms. The quantitative estimate of drug-likeness (QED) is 0.543. The van der Waals surface area contributed by atoms with Gasteiger partial charge in [-0.1, -0.05) is 0 Å². The number of nitrogens with zero attached hydrogens (tertiary/aromatic N) is 5. The van der Waals surface area contributed by atoms with E-state index in [1.54, 1.807) is 13.4 Å². The monoisotopic (exact) mass is 435 g/mol. The SMILES string of the molecule is COc1cc(-n2cnc(Nc3nc4c(c(N5CCC[C@@H]5CO)n3)CNC4)c2)cc(C)c1C. The lowest BCUT2D eigenvalue weighted by Gasteiger charge is -2.26. The highest BCUT2D eigenvalue weighted by Crippen LogP contribution is 2.32. The Morgan fingerprint density at radius 1 is 1.25 bits per heavy atom. The lowest BCUT2D eigenvalue weighted by Crippen LogP contribution is -2.34. The number of ether oxygens (including phenoxy) is 1. The van der Waals surface area contributed by atoms with Crippen LogP contribution >= 0.6 is 0 Å². The van der Waals surface area contributed by atoms with Gasteiger partial charge >= 0.3 is 0 Å². The number of aromatic nitrogens is 4. The van der Waals surface area contributed by atoms with Crippen LogP contribution in [0.3, 0.4) is 0 Å². The second kappa shape index (κ2) is 8.40. The zero-order valence-corrected chi connectivity index (χ0v) is 18.7. The Morgan fingerprint density at radius 3 is 2.94 bits per heavy atom. The minimum atomic E-state index is 0.112. The van der Waals surface area contributed by atoms with Gasteiger partial charge in [0.25, 0.3) is 0 Å². The molecule has 1 atom stereocenters. The summed E-state index contributed by atoms with van der Waals surface area (Å²) in [7, 11) is 1.69. The van der Waals surface area contributed by atoms with E-state index in [-0.39, 0.29) is 12.6 Å². The van der Waals surface area contributed by atoms with Crippen LogP contribution in [0.2, 0.25) is 0 Å². The molecule has 0 bridgehead atoms. The fourth-order valence-corrected chi connectivity index (χ4v) is 4.56. The summed E-state index contributed by atoms with van der Waals surface area (Å²) < 4.78 is 7.47. The number of nitrogens with one attached hydrogen (secondary N) is 2. The van der Waals surface area contributed by atoms with Crippen molar-refractivity contribution >= 4 is 17.6 Å². The lowest BCUT2D eigenvalue weighted by atomic mass is 10.1. The van der Waals surface area contributed by atoms with Gasteiger partial charge in [-0.25, -0.2) is 9.97 Å². The van der Waals surface area contributed by atoms with Crippen LogP contribution in [0.5, 0.6) is 5.75 Å². The molecule has 2 aromatic heterocycles. The molecule has 1 aromatic carbocycles. The number of anilines is 3. The average Bonchev–Trinajstić information content (AvgIpc) is 3.55. The molecule has 9 nitrogen and oxygen atoms in total. The minimum Gasteiger partial charge on any atom is -0.496 e. The van der Waals surface area contributed by atoms with Gasteiger partial charge in [0.2, 0.25) is 5.95 Å². The van der Waals surface area contributed by atoms with Crippen molar-refractivity contribution in [3.63, 3.8) is 0 Å². The third-order valence-electron chi connectivity index (χ3n) is 6.47. The van der Waals surface area contributed by atoms with E-state index in [1.807, 2.05) is 16.8 Å². The van der Waals surface area contributed by atoms with Crippen molar-refractivity contribution in [1.82, 2.24) is 24.8 Å². The molecule has 3 aromatic rings. The number of aryl methyl sites for hydroxylation is 1. The van der Waals surface area contributed by atoms with Gasteiger partial charge in [-0.05, 0) is 43.9 Å². The van der Waals surface area contributed by atoms with Crippen LogP contribution in [0, 0.1) is 13.8 Å². The Morgan fingerprint density at radius 2 is 2.12 bits per heavy atom. The average molecular weight is 436 g/mol. The van der Waals surface area contributed by atoms with Crippen LogP contribution in [0.15, 0.2) is 24.7 Å². The molecule has 9 heteroatoms. The number of hydrogen-bond acceptors (Lipinski definition) is 8. The summed E-state index contributed by atoms with van der Waals surface area (Å²) in [6, 6.07) is 4.23. The van der Waals surface area contributed by atoms with Crippen LogP contribution in [-0.2, 0) is 13.1 Å². The van der Waals surface area contributed by atoms with E-state index in [1.165, 1.54) is 0 Å². The Labute approximate surface area is 187 Å². The first kappa shape index (κ1) is 20.7. The maximum Gasteiger partial charge on any atom is 0.230 e. The van der Waals surface area contributed by atoms with E-state index in [0.717, 1.165) is 65.6 Å². The molecule has 168 valence electrons. The number of aliphatic hydroxyl groups is 1. The molecule has 1 fully saturated rings. The molecule has 5 rings (SSSR count). The smallest absolute Gasteiger partial charge is 0.230 e. The van der Waals surface area contributed by atoms with Crippen LogP contribution in [-0.4, -0.2) is 50.9 Å². The highest BCUT2D eigenvalue weighted by molar-refractivity contribution is 5.59. The Kier molecular flexibility index (Phi) is 5.44. The van der Waals surface area contributed by atoms with Gasteiger partial charge in [0.15, 0.2) is 5.82 Å². The predicted octanol–water partition coefficient (Wildman–Crippen LogP) is 2.60. The van der Waals surface area contributed by atoms with Crippen molar-refractivity contribution in [2.24, 2.45) is 0 Å². The molecule has 2 aliphatic rings. The summed E-state index contributed by atoms with van der Waals surface area (Å²) in [5.41, 5.74) is 5.40. The van der Waals surface area contributed by atoms with E-state index >= 15 is 0 Å². The number of aliphatic hydroxyl groups excluding tert-OH is 1. The van der Waals surface area contributed by atoms with E-state index in [0.29, 0.717) is 18.3 Å². The van der Waals surface area contributed by atoms with Crippen molar-refractivity contribution in [2.45, 2.75) is 45.8 Å². The maximum atomic E-state index is 9.80. The Bertz CT molecular complexity index is 1140. The Hall–Kier alpha value is -3.17. The molecule has 0 amide bonds. The summed E-state index contributed by atoms with van der Waals surface area (Å²) in [5.74, 6) is 2.96. The van der Waals surface area contributed by atoms with Crippen LogP contribution in [0.1, 0.15) is 35.2 Å². The fraction of sp³-hybridized carbons (Fsp3) is 0.435. The number of benzene rings is 1. The van der Waals surface area contributed by atoms with Crippen molar-refractivity contribution < 1.29 is 9.84 Å². The number of methoxy groups -OCH3 is 1. The topological polar surface area (TPSA) is 100 Å². The van der Waals surface area contributed by atoms with Gasteiger partial charge in [-0.2, -0.15) is 4.98 Å². The molecule has 0 unspecified atom stereocenters. The van der Waals surface area contributed by atoms with Gasteiger partial charge < -0.3 is 29.9 Å². The van der Waals surface area contributed by atoms with Gasteiger partial charge in [0, 0.05) is 31.3 Å². The van der Waals surface area contributed by atoms with Gasteiger partial charge in [-0.15, -0.1) is 0 Å². The van der Waals surface area contributed by atoms with Crippen LogP contribution in [0.4, 0.5) is 17.6 Å². The molecule has 0 saturated carbocycles. The highest BCUT2D eigenvalue weighted by Gasteiger charge is 2.30. The van der Waals surface area contributed by atoms with Crippen LogP contribution in [0.25, 0.3) is 5.69 Å². The number of imidazole rings is 1. The molecular formula is C23H29N7O2. The number of rotatable bonds is 6. The summed E-state index contributed by atoms with van der Waals surface area (Å²) in [6.07, 6.45) is 5.73. The minimum absolute atomic E-state index is 0.112. The van der Waals surface area contributed by atoms with Crippen molar-refractivity contribution in [3.8, 4) is 11.4 Å². The van der Waals surface area contributed by atoms with Gasteiger partial charge in [0.1, 0.15) is 17.9 Å². The molecule has 2 aliphatic heterocycles. The van der Waals surface area contributed by atoms with Crippen LogP contribution < -0.4 is 20.3 Å². The highest BCUT2D eigenvalue weighted by atomic mass is 16.5. The number of fused-ring (bicyclic) bond motifs is 1. The first-order valence-corrected chi connectivity index (χ1v) is 11.0. The van der Waals surface area contributed by atoms with E-state index in [4.69, 9.17) is 14.7 Å². The molecule has 0 radical (unpaired) electrons. The second-order valence-electron chi connectivity index (χ2n) is 8.45. The van der Waals surface area contributed by atoms with Gasteiger partial charge in [0.05, 0.1) is 37.3 Å². The van der Waals surface area contributed by atoms with Crippen molar-refractivity contribution in [3.05, 3.63) is 47.0 Å². The summed E-state index contributed by atoms with van der Waals surface area (Å²) in [6.45, 7) is 6.63. The first-order chi connectivity index (χ1) is 15.6. The summed E-state index contributed by atoms with van der Waals surface area (Å²) in [5, 5.41) is 16.4. The molecule has 4 heterocycles. The second-order valence-corrected chi connectivity index (χ2v) is 8.45. The number of hydrogen-bond donors (Lipinski definition) is 3. The molecule has 32 heavy (non-hydrogen) atoms. The molecular weight excluding hydrogens is 406 g/mol. The Balaban J connectivity index is 1.44. The standard InChI is InChI=1S/C23H29N7O2/c1-14-7-17(8-20(32-3)15(14)2)29-11-21(25-13-29)27-23-26-19-10-24-9-18(19)22(28-23)30-6-4-5-16(30)12-31/h7-8,11,13,16,24,31H,4-6,9-10,12H2,1-3H3,(H,26,27,28)/t16-/m1/s1. The summed E-state index contributed by atoms with van der Waals surface area (Å²) in [4.78, 5) is 16.3. The van der Waals surface area contributed by atoms with Crippen molar-refractivity contribution in [1.29, 1.82) is 0 Å². The zero-order chi connectivity index (χ0) is 22.2. The largest absolute Gasteiger partial charge is 0.496 e. The van der Waals surface area contributed by atoms with Gasteiger partial charge in [-0.3, -0.25) is 0 Å². The van der Waals surface area contributed by atoms with E-state index in [2.05, 4.69) is 40.4 Å². The first-order valence-electron chi connectivity index (χ1n) is 11.0. The van der Waals surface area contributed by atoms with E-state index in [9.17, 15) is 5.11 Å². The molecule has 0 aliphatic carbocycles. The third kappa shape index (κ3) is 3.67.